The quantitative estimate of drug-likeness (QED) is 0.704. The van der Waals surface area contributed by atoms with Gasteiger partial charge in [-0.3, -0.25) is 19.2 Å². The number of aromatic nitrogens is 1. The maximum atomic E-state index is 12.6. The van der Waals surface area contributed by atoms with E-state index in [0.29, 0.717) is 13.0 Å². The van der Waals surface area contributed by atoms with Gasteiger partial charge in [-0.15, -0.1) is 0 Å². The minimum atomic E-state index is -0.608. The molecule has 24 heavy (non-hydrogen) atoms. The van der Waals surface area contributed by atoms with Crippen molar-refractivity contribution in [2.75, 3.05) is 6.54 Å². The molecule has 1 aromatic heterocycles. The molecule has 2 heterocycles. The topological polar surface area (TPSA) is 96.1 Å². The summed E-state index contributed by atoms with van der Waals surface area (Å²) in [5, 5.41) is 2.49. The molecule has 0 spiro atoms. The van der Waals surface area contributed by atoms with E-state index < -0.39 is 23.5 Å². The number of rotatable bonds is 8. The molecule has 1 amide bonds. The lowest BCUT2D eigenvalue weighted by molar-refractivity contribution is -0.143. The third-order valence-corrected chi connectivity index (χ3v) is 4.54. The van der Waals surface area contributed by atoms with Gasteiger partial charge in [-0.2, -0.15) is 0 Å². The first kappa shape index (κ1) is 18.1. The zero-order valence-corrected chi connectivity index (χ0v) is 14.1. The number of carbonyl (C=O) groups is 4. The molecule has 1 aromatic rings. The normalized spacial score (nSPS) is 19.2. The Morgan fingerprint density at radius 3 is 2.67 bits per heavy atom. The number of aromatic amines is 1. The number of carbonyl (C=O) groups excluding carboxylic acids is 4. The molecule has 2 unspecified atom stereocenters. The van der Waals surface area contributed by atoms with Crippen LogP contribution in [-0.4, -0.2) is 34.8 Å². The molecule has 2 rings (SSSR count). The van der Waals surface area contributed by atoms with Crippen molar-refractivity contribution >= 4 is 23.3 Å². The van der Waals surface area contributed by atoms with Crippen LogP contribution in [-0.2, 0) is 25.6 Å². The molecule has 0 saturated carbocycles. The average molecular weight is 332 g/mol. The van der Waals surface area contributed by atoms with E-state index in [4.69, 9.17) is 0 Å². The largest absolute Gasteiger partial charge is 0.365 e. The van der Waals surface area contributed by atoms with E-state index in [0.717, 1.165) is 5.69 Å². The molecule has 0 aliphatic carbocycles. The lowest BCUT2D eigenvalue weighted by Crippen LogP contribution is -2.43. The van der Waals surface area contributed by atoms with Crippen molar-refractivity contribution < 1.29 is 19.2 Å². The maximum Gasteiger partial charge on any atom is 0.287 e. The minimum Gasteiger partial charge on any atom is -0.365 e. The summed E-state index contributed by atoms with van der Waals surface area (Å²) >= 11 is 0. The second-order valence-corrected chi connectivity index (χ2v) is 6.74. The summed E-state index contributed by atoms with van der Waals surface area (Å²) in [6, 6.07) is 3.66. The van der Waals surface area contributed by atoms with Gasteiger partial charge in [-0.1, -0.05) is 13.8 Å². The minimum absolute atomic E-state index is 0.00258. The van der Waals surface area contributed by atoms with Crippen LogP contribution in [0.15, 0.2) is 18.3 Å². The van der Waals surface area contributed by atoms with Gasteiger partial charge in [0.25, 0.3) is 5.91 Å². The van der Waals surface area contributed by atoms with Crippen LogP contribution in [0.2, 0.25) is 0 Å². The van der Waals surface area contributed by atoms with Crippen LogP contribution in [0.25, 0.3) is 0 Å². The van der Waals surface area contributed by atoms with Gasteiger partial charge < -0.3 is 10.3 Å². The Labute approximate surface area is 141 Å². The Morgan fingerprint density at radius 1 is 1.29 bits per heavy atom. The van der Waals surface area contributed by atoms with Crippen molar-refractivity contribution in [3.05, 3.63) is 24.0 Å². The van der Waals surface area contributed by atoms with Crippen LogP contribution in [0.3, 0.4) is 0 Å². The Kier molecular flexibility index (Phi) is 6.06. The third kappa shape index (κ3) is 4.63. The number of Topliss-reactive ketones (excluding diaryl/α,β-unsaturated/α-hetero) is 3. The second-order valence-electron chi connectivity index (χ2n) is 6.74. The first-order valence-electron chi connectivity index (χ1n) is 8.37. The molecule has 0 bridgehead atoms. The molecule has 2 N–H and O–H groups in total. The highest BCUT2D eigenvalue weighted by molar-refractivity contribution is 6.37. The smallest absolute Gasteiger partial charge is 0.287 e. The van der Waals surface area contributed by atoms with Gasteiger partial charge in [0.05, 0.1) is 0 Å². The Hall–Kier alpha value is -2.24. The summed E-state index contributed by atoms with van der Waals surface area (Å²) in [4.78, 5) is 51.1. The van der Waals surface area contributed by atoms with Crippen LogP contribution in [0.5, 0.6) is 0 Å². The van der Waals surface area contributed by atoms with E-state index in [1.807, 2.05) is 26.0 Å². The van der Waals surface area contributed by atoms with Crippen LogP contribution in [0, 0.1) is 17.8 Å². The lowest BCUT2D eigenvalue weighted by atomic mass is 9.80. The van der Waals surface area contributed by atoms with Crippen molar-refractivity contribution in [3.63, 3.8) is 0 Å². The number of amides is 1. The highest BCUT2D eigenvalue weighted by Crippen LogP contribution is 2.24. The summed E-state index contributed by atoms with van der Waals surface area (Å²) in [5.41, 5.74) is 0.828. The summed E-state index contributed by atoms with van der Waals surface area (Å²) in [6.45, 7) is 4.22. The standard InChI is InChI=1S/C18H24N2O4/c1-11(2)15(10-14(21)9-13-4-3-6-19-13)16(22)8-12-5-7-20-18(24)17(12)23/h3-4,6,11-12,15,19H,5,7-10H2,1-2H3,(H,20,24). The van der Waals surface area contributed by atoms with Crippen molar-refractivity contribution in [3.8, 4) is 0 Å². The molecule has 1 aliphatic rings. The molecule has 6 nitrogen and oxygen atoms in total. The van der Waals surface area contributed by atoms with E-state index in [-0.39, 0.29) is 36.7 Å². The predicted molar refractivity (Wildman–Crippen MR) is 88.2 cm³/mol. The molecular formula is C18H24N2O4. The summed E-state index contributed by atoms with van der Waals surface area (Å²) in [6.07, 6.45) is 2.73. The molecule has 6 heteroatoms. The van der Waals surface area contributed by atoms with E-state index in [1.54, 1.807) is 6.20 Å². The monoisotopic (exact) mass is 332 g/mol. The van der Waals surface area contributed by atoms with Crippen LogP contribution >= 0.6 is 0 Å². The van der Waals surface area contributed by atoms with Crippen LogP contribution < -0.4 is 5.32 Å². The van der Waals surface area contributed by atoms with E-state index in [1.165, 1.54) is 0 Å². The lowest BCUT2D eigenvalue weighted by Gasteiger charge is -2.24. The fourth-order valence-corrected chi connectivity index (χ4v) is 3.08. The fourth-order valence-electron chi connectivity index (χ4n) is 3.08. The van der Waals surface area contributed by atoms with Crippen LogP contribution in [0.4, 0.5) is 0 Å². The van der Waals surface area contributed by atoms with Gasteiger partial charge in [0, 0.05) is 49.5 Å². The number of nitrogens with one attached hydrogen (secondary N) is 2. The maximum absolute atomic E-state index is 12.6. The molecule has 0 aromatic carbocycles. The van der Waals surface area contributed by atoms with E-state index in [2.05, 4.69) is 10.3 Å². The SMILES string of the molecule is CC(C)C(CC(=O)Cc1ccc[nH]1)C(=O)CC1CCNC(=O)C1=O. The number of hydrogen-bond donors (Lipinski definition) is 2. The van der Waals surface area contributed by atoms with Gasteiger partial charge in [0.2, 0.25) is 5.78 Å². The van der Waals surface area contributed by atoms with Crippen molar-refractivity contribution in [2.24, 2.45) is 17.8 Å². The summed E-state index contributed by atoms with van der Waals surface area (Å²) in [5.74, 6) is -2.18. The molecule has 0 radical (unpaired) electrons. The number of piperidine rings is 1. The first-order chi connectivity index (χ1) is 11.4. The van der Waals surface area contributed by atoms with Crippen molar-refractivity contribution in [2.45, 2.75) is 39.5 Å². The van der Waals surface area contributed by atoms with Gasteiger partial charge >= 0.3 is 0 Å². The van der Waals surface area contributed by atoms with Gasteiger partial charge in [-0.05, 0) is 24.5 Å². The third-order valence-electron chi connectivity index (χ3n) is 4.54. The first-order valence-corrected chi connectivity index (χ1v) is 8.37. The molecule has 130 valence electrons. The molecule has 1 saturated heterocycles. The number of hydrogen-bond acceptors (Lipinski definition) is 4. The van der Waals surface area contributed by atoms with E-state index >= 15 is 0 Å². The predicted octanol–water partition coefficient (Wildman–Crippen LogP) is 1.45. The molecule has 1 aliphatic heterocycles. The highest BCUT2D eigenvalue weighted by atomic mass is 16.2. The summed E-state index contributed by atoms with van der Waals surface area (Å²) in [7, 11) is 0. The van der Waals surface area contributed by atoms with E-state index in [9.17, 15) is 19.2 Å². The Bertz CT molecular complexity index is 619. The number of H-pyrrole nitrogens is 1. The Morgan fingerprint density at radius 2 is 2.04 bits per heavy atom. The summed E-state index contributed by atoms with van der Waals surface area (Å²) < 4.78 is 0. The highest BCUT2D eigenvalue weighted by Gasteiger charge is 2.34. The van der Waals surface area contributed by atoms with Gasteiger partial charge in [0.1, 0.15) is 11.6 Å². The fraction of sp³-hybridized carbons (Fsp3) is 0.556. The van der Waals surface area contributed by atoms with Gasteiger partial charge in [-0.25, -0.2) is 0 Å². The van der Waals surface area contributed by atoms with Gasteiger partial charge in [0.15, 0.2) is 0 Å². The van der Waals surface area contributed by atoms with Crippen molar-refractivity contribution in [1.82, 2.24) is 10.3 Å². The second kappa shape index (κ2) is 8.04. The van der Waals surface area contributed by atoms with Crippen molar-refractivity contribution in [1.29, 1.82) is 0 Å². The van der Waals surface area contributed by atoms with Crippen LogP contribution in [0.1, 0.15) is 38.8 Å². The zero-order valence-electron chi connectivity index (χ0n) is 14.1. The molecular weight excluding hydrogens is 308 g/mol. The average Bonchev–Trinajstić information content (AvgIpc) is 3.02. The zero-order chi connectivity index (χ0) is 17.7. The molecule has 1 fully saturated rings. The molecule has 2 atom stereocenters. The number of ketones is 3. The Balaban J connectivity index is 1.96.